The standard InChI is InChI=1S/C16H32N2/c1-12(2)18(11-15-6-5-9-17-15)16-8-7-13(3)14(4)10-16/h12-17H,5-11H2,1-4H3. The van der Waals surface area contributed by atoms with Crippen LogP contribution in [-0.2, 0) is 0 Å². The van der Waals surface area contributed by atoms with Crippen LogP contribution in [0, 0.1) is 11.8 Å². The van der Waals surface area contributed by atoms with E-state index in [1.165, 1.54) is 45.2 Å². The second-order valence-corrected chi connectivity index (χ2v) is 7.01. The van der Waals surface area contributed by atoms with Crippen molar-refractivity contribution in [1.29, 1.82) is 0 Å². The molecule has 2 fully saturated rings. The van der Waals surface area contributed by atoms with Gasteiger partial charge in [0.25, 0.3) is 0 Å². The summed E-state index contributed by atoms with van der Waals surface area (Å²) in [6.07, 6.45) is 6.99. The van der Waals surface area contributed by atoms with Gasteiger partial charge in [0.15, 0.2) is 0 Å². The van der Waals surface area contributed by atoms with E-state index in [2.05, 4.69) is 37.9 Å². The van der Waals surface area contributed by atoms with Gasteiger partial charge in [-0.15, -0.1) is 0 Å². The first kappa shape index (κ1) is 14.3. The molecule has 1 aliphatic heterocycles. The average molecular weight is 252 g/mol. The highest BCUT2D eigenvalue weighted by atomic mass is 15.2. The van der Waals surface area contributed by atoms with Crippen molar-refractivity contribution in [1.82, 2.24) is 10.2 Å². The van der Waals surface area contributed by atoms with Crippen molar-refractivity contribution in [3.63, 3.8) is 0 Å². The molecule has 0 aromatic rings. The molecule has 2 aliphatic rings. The van der Waals surface area contributed by atoms with E-state index in [4.69, 9.17) is 0 Å². The molecular weight excluding hydrogens is 220 g/mol. The zero-order chi connectivity index (χ0) is 13.1. The van der Waals surface area contributed by atoms with Gasteiger partial charge in [0.1, 0.15) is 0 Å². The lowest BCUT2D eigenvalue weighted by molar-refractivity contribution is 0.0758. The van der Waals surface area contributed by atoms with Crippen molar-refractivity contribution in [2.24, 2.45) is 11.8 Å². The Bertz CT molecular complexity index is 245. The van der Waals surface area contributed by atoms with Gasteiger partial charge in [-0.3, -0.25) is 4.90 Å². The van der Waals surface area contributed by atoms with Crippen molar-refractivity contribution in [3.8, 4) is 0 Å². The Balaban J connectivity index is 1.92. The van der Waals surface area contributed by atoms with Gasteiger partial charge in [-0.1, -0.05) is 13.8 Å². The molecule has 2 nitrogen and oxygen atoms in total. The van der Waals surface area contributed by atoms with Crippen LogP contribution >= 0.6 is 0 Å². The number of hydrogen-bond donors (Lipinski definition) is 1. The van der Waals surface area contributed by atoms with E-state index in [1.54, 1.807) is 0 Å². The Labute approximate surface area is 114 Å². The number of nitrogens with zero attached hydrogens (tertiary/aromatic N) is 1. The molecule has 4 atom stereocenters. The van der Waals surface area contributed by atoms with E-state index in [0.29, 0.717) is 6.04 Å². The smallest absolute Gasteiger partial charge is 0.0195 e. The summed E-state index contributed by atoms with van der Waals surface area (Å²) in [5.41, 5.74) is 0. The first-order valence-corrected chi connectivity index (χ1v) is 8.07. The first-order valence-electron chi connectivity index (χ1n) is 8.07. The van der Waals surface area contributed by atoms with Crippen LogP contribution in [0.3, 0.4) is 0 Å². The van der Waals surface area contributed by atoms with Crippen LogP contribution in [0.1, 0.15) is 59.8 Å². The Kier molecular flexibility index (Phi) is 5.08. The lowest BCUT2D eigenvalue weighted by Gasteiger charge is -2.42. The highest BCUT2D eigenvalue weighted by molar-refractivity contribution is 4.87. The molecule has 4 unspecified atom stereocenters. The second kappa shape index (κ2) is 6.38. The largest absolute Gasteiger partial charge is 0.313 e. The van der Waals surface area contributed by atoms with E-state index >= 15 is 0 Å². The van der Waals surface area contributed by atoms with Crippen LogP contribution < -0.4 is 5.32 Å². The second-order valence-electron chi connectivity index (χ2n) is 7.01. The molecule has 1 saturated carbocycles. The van der Waals surface area contributed by atoms with Crippen molar-refractivity contribution >= 4 is 0 Å². The summed E-state index contributed by atoms with van der Waals surface area (Å²) in [5.74, 6) is 1.83. The van der Waals surface area contributed by atoms with Gasteiger partial charge in [-0.25, -0.2) is 0 Å². The summed E-state index contributed by atoms with van der Waals surface area (Å²) in [7, 11) is 0. The Morgan fingerprint density at radius 2 is 1.89 bits per heavy atom. The highest BCUT2D eigenvalue weighted by Crippen LogP contribution is 2.33. The minimum Gasteiger partial charge on any atom is -0.313 e. The van der Waals surface area contributed by atoms with Gasteiger partial charge in [0, 0.05) is 24.7 Å². The van der Waals surface area contributed by atoms with Gasteiger partial charge >= 0.3 is 0 Å². The van der Waals surface area contributed by atoms with Crippen molar-refractivity contribution in [2.45, 2.75) is 77.9 Å². The van der Waals surface area contributed by atoms with Gasteiger partial charge in [-0.05, 0) is 64.3 Å². The van der Waals surface area contributed by atoms with Gasteiger partial charge < -0.3 is 5.32 Å². The molecule has 18 heavy (non-hydrogen) atoms. The SMILES string of the molecule is CC1CCC(N(CC2CCCN2)C(C)C)CC1C. The molecule has 106 valence electrons. The highest BCUT2D eigenvalue weighted by Gasteiger charge is 2.31. The Morgan fingerprint density at radius 3 is 2.44 bits per heavy atom. The molecule has 1 heterocycles. The molecule has 2 heteroatoms. The maximum absolute atomic E-state index is 3.66. The zero-order valence-electron chi connectivity index (χ0n) is 12.8. The minimum atomic E-state index is 0.693. The van der Waals surface area contributed by atoms with Gasteiger partial charge in [0.05, 0.1) is 0 Å². The molecule has 0 bridgehead atoms. The third-order valence-corrected chi connectivity index (χ3v) is 5.30. The maximum atomic E-state index is 3.66. The molecule has 0 spiro atoms. The van der Waals surface area contributed by atoms with Crippen molar-refractivity contribution < 1.29 is 0 Å². The van der Waals surface area contributed by atoms with Crippen molar-refractivity contribution in [3.05, 3.63) is 0 Å². The van der Waals surface area contributed by atoms with Crippen LogP contribution in [0.25, 0.3) is 0 Å². The monoisotopic (exact) mass is 252 g/mol. The van der Waals surface area contributed by atoms with Gasteiger partial charge in [0.2, 0.25) is 0 Å². The quantitative estimate of drug-likeness (QED) is 0.826. The summed E-state index contributed by atoms with van der Waals surface area (Å²) < 4.78 is 0. The van der Waals surface area contributed by atoms with Crippen LogP contribution in [0.15, 0.2) is 0 Å². The third kappa shape index (κ3) is 3.48. The fraction of sp³-hybridized carbons (Fsp3) is 1.00. The Morgan fingerprint density at radius 1 is 1.11 bits per heavy atom. The topological polar surface area (TPSA) is 15.3 Å². The van der Waals surface area contributed by atoms with Crippen molar-refractivity contribution in [2.75, 3.05) is 13.1 Å². The summed E-state index contributed by atoms with van der Waals surface area (Å²) in [4.78, 5) is 2.78. The summed E-state index contributed by atoms with van der Waals surface area (Å²) >= 11 is 0. The van der Waals surface area contributed by atoms with E-state index < -0.39 is 0 Å². The van der Waals surface area contributed by atoms with Crippen LogP contribution in [0.4, 0.5) is 0 Å². The summed E-state index contributed by atoms with van der Waals surface area (Å²) in [6.45, 7) is 12.1. The van der Waals surface area contributed by atoms with E-state index in [-0.39, 0.29) is 0 Å². The molecule has 0 radical (unpaired) electrons. The van der Waals surface area contributed by atoms with Crippen LogP contribution in [-0.4, -0.2) is 36.1 Å². The van der Waals surface area contributed by atoms with E-state index in [9.17, 15) is 0 Å². The molecule has 1 saturated heterocycles. The fourth-order valence-electron chi connectivity index (χ4n) is 3.77. The number of hydrogen-bond acceptors (Lipinski definition) is 2. The molecular formula is C16H32N2. The molecule has 0 aromatic carbocycles. The molecule has 1 N–H and O–H groups in total. The lowest BCUT2D eigenvalue weighted by atomic mass is 9.78. The Hall–Kier alpha value is -0.0800. The zero-order valence-corrected chi connectivity index (χ0v) is 12.8. The lowest BCUT2D eigenvalue weighted by Crippen LogP contribution is -2.49. The third-order valence-electron chi connectivity index (χ3n) is 5.30. The van der Waals surface area contributed by atoms with Crippen LogP contribution in [0.5, 0.6) is 0 Å². The first-order chi connectivity index (χ1) is 8.58. The van der Waals surface area contributed by atoms with Crippen LogP contribution in [0.2, 0.25) is 0 Å². The molecule has 2 rings (SSSR count). The predicted octanol–water partition coefficient (Wildman–Crippen LogP) is 3.27. The summed E-state index contributed by atoms with van der Waals surface area (Å²) in [5, 5.41) is 3.66. The van der Waals surface area contributed by atoms with E-state index in [0.717, 1.165) is 23.9 Å². The summed E-state index contributed by atoms with van der Waals surface area (Å²) in [6, 6.07) is 2.28. The molecule has 0 amide bonds. The maximum Gasteiger partial charge on any atom is 0.0195 e. The molecule has 1 aliphatic carbocycles. The fourth-order valence-corrected chi connectivity index (χ4v) is 3.77. The normalized spacial score (nSPS) is 37.7. The predicted molar refractivity (Wildman–Crippen MR) is 78.8 cm³/mol. The average Bonchev–Trinajstić information content (AvgIpc) is 2.82. The molecule has 0 aromatic heterocycles. The number of rotatable bonds is 4. The minimum absolute atomic E-state index is 0.693. The van der Waals surface area contributed by atoms with Gasteiger partial charge in [-0.2, -0.15) is 0 Å². The van der Waals surface area contributed by atoms with E-state index in [1.807, 2.05) is 0 Å². The number of nitrogens with one attached hydrogen (secondary N) is 1.